The van der Waals surface area contributed by atoms with Crippen molar-refractivity contribution in [2.24, 2.45) is 7.05 Å². The maximum absolute atomic E-state index is 12.5. The van der Waals surface area contributed by atoms with Crippen LogP contribution in [-0.4, -0.2) is 41.0 Å². The van der Waals surface area contributed by atoms with Crippen LogP contribution in [0.4, 0.5) is 5.69 Å². The number of pyridine rings is 1. The van der Waals surface area contributed by atoms with E-state index in [4.69, 9.17) is 0 Å². The second kappa shape index (κ2) is 6.44. The van der Waals surface area contributed by atoms with Gasteiger partial charge in [0.15, 0.2) is 14.9 Å². The van der Waals surface area contributed by atoms with Gasteiger partial charge in [-0.3, -0.25) is 4.68 Å². The Morgan fingerprint density at radius 1 is 1.12 bits per heavy atom. The molecule has 25 heavy (non-hydrogen) atoms. The van der Waals surface area contributed by atoms with Gasteiger partial charge in [-0.1, -0.05) is 0 Å². The molecule has 3 heterocycles. The van der Waals surface area contributed by atoms with Gasteiger partial charge in [-0.2, -0.15) is 5.10 Å². The molecule has 0 aliphatic carbocycles. The SMILES string of the molecule is Cn1nccc1C1CCN(c2ccc(S(=O)(=O)C(C)(C)C)nc2)CC1. The Hall–Kier alpha value is -1.89. The zero-order chi connectivity index (χ0) is 18.2. The highest BCUT2D eigenvalue weighted by atomic mass is 32.2. The van der Waals surface area contributed by atoms with Crippen molar-refractivity contribution in [3.8, 4) is 0 Å². The maximum atomic E-state index is 12.5. The lowest BCUT2D eigenvalue weighted by Gasteiger charge is -2.33. The van der Waals surface area contributed by atoms with Crippen LogP contribution in [-0.2, 0) is 16.9 Å². The molecule has 3 rings (SSSR count). The van der Waals surface area contributed by atoms with Crippen LogP contribution < -0.4 is 4.90 Å². The Bertz CT molecular complexity index is 827. The molecular weight excluding hydrogens is 336 g/mol. The average molecular weight is 362 g/mol. The first-order chi connectivity index (χ1) is 11.7. The third kappa shape index (κ3) is 3.42. The molecule has 0 unspecified atom stereocenters. The van der Waals surface area contributed by atoms with E-state index in [1.807, 2.05) is 24.0 Å². The van der Waals surface area contributed by atoms with Gasteiger partial charge in [-0.25, -0.2) is 13.4 Å². The van der Waals surface area contributed by atoms with Gasteiger partial charge in [-0.05, 0) is 51.8 Å². The van der Waals surface area contributed by atoms with Crippen LogP contribution in [0.25, 0.3) is 0 Å². The summed E-state index contributed by atoms with van der Waals surface area (Å²) in [7, 11) is -1.42. The van der Waals surface area contributed by atoms with Crippen LogP contribution in [0.2, 0.25) is 0 Å². The minimum atomic E-state index is -3.41. The van der Waals surface area contributed by atoms with E-state index in [1.54, 1.807) is 33.0 Å². The number of hydrogen-bond donors (Lipinski definition) is 0. The van der Waals surface area contributed by atoms with E-state index in [-0.39, 0.29) is 5.03 Å². The molecule has 0 amide bonds. The molecule has 0 aromatic carbocycles. The third-order valence-corrected chi connectivity index (χ3v) is 7.34. The summed E-state index contributed by atoms with van der Waals surface area (Å²) in [6, 6.07) is 5.59. The van der Waals surface area contributed by atoms with E-state index < -0.39 is 14.6 Å². The van der Waals surface area contributed by atoms with E-state index in [9.17, 15) is 8.42 Å². The summed E-state index contributed by atoms with van der Waals surface area (Å²) < 4.78 is 26.0. The molecule has 0 saturated carbocycles. The van der Waals surface area contributed by atoms with E-state index in [1.165, 1.54) is 5.69 Å². The number of rotatable bonds is 3. The topological polar surface area (TPSA) is 68.1 Å². The van der Waals surface area contributed by atoms with Crippen molar-refractivity contribution in [3.63, 3.8) is 0 Å². The van der Waals surface area contributed by atoms with Crippen LogP contribution in [0.15, 0.2) is 35.6 Å². The zero-order valence-electron chi connectivity index (χ0n) is 15.3. The Labute approximate surface area is 149 Å². The Balaban J connectivity index is 1.70. The van der Waals surface area contributed by atoms with Gasteiger partial charge in [0, 0.05) is 37.9 Å². The fraction of sp³-hybridized carbons (Fsp3) is 0.556. The third-order valence-electron chi connectivity index (χ3n) is 4.94. The Kier molecular flexibility index (Phi) is 4.62. The molecule has 2 aromatic rings. The predicted molar refractivity (Wildman–Crippen MR) is 98.6 cm³/mol. The molecule has 1 fully saturated rings. The molecule has 1 saturated heterocycles. The number of piperidine rings is 1. The Morgan fingerprint density at radius 2 is 1.80 bits per heavy atom. The van der Waals surface area contributed by atoms with Crippen LogP contribution in [0, 0.1) is 0 Å². The van der Waals surface area contributed by atoms with Crippen molar-refractivity contribution >= 4 is 15.5 Å². The summed E-state index contributed by atoms with van der Waals surface area (Å²) in [5.41, 5.74) is 2.26. The van der Waals surface area contributed by atoms with E-state index in [0.717, 1.165) is 31.6 Å². The first-order valence-electron chi connectivity index (χ1n) is 8.64. The number of hydrogen-bond acceptors (Lipinski definition) is 5. The fourth-order valence-electron chi connectivity index (χ4n) is 3.25. The van der Waals surface area contributed by atoms with Gasteiger partial charge >= 0.3 is 0 Å². The van der Waals surface area contributed by atoms with E-state index in [2.05, 4.69) is 21.0 Å². The standard InChI is InChI=1S/C18H26N4O2S/c1-18(2,3)25(23,24)17-6-5-15(13-19-17)22-11-8-14(9-12-22)16-7-10-20-21(16)4/h5-7,10,13-14H,8-9,11-12H2,1-4H3. The molecule has 6 nitrogen and oxygen atoms in total. The quantitative estimate of drug-likeness (QED) is 0.840. The molecule has 136 valence electrons. The number of sulfone groups is 1. The van der Waals surface area contributed by atoms with Crippen molar-refractivity contribution in [1.82, 2.24) is 14.8 Å². The molecule has 0 radical (unpaired) electrons. The van der Waals surface area contributed by atoms with Crippen molar-refractivity contribution < 1.29 is 8.42 Å². The molecule has 0 bridgehead atoms. The lowest BCUT2D eigenvalue weighted by molar-refractivity contribution is 0.477. The summed E-state index contributed by atoms with van der Waals surface area (Å²) in [5.74, 6) is 0.525. The van der Waals surface area contributed by atoms with Gasteiger partial charge in [0.1, 0.15) is 0 Å². The van der Waals surface area contributed by atoms with E-state index >= 15 is 0 Å². The van der Waals surface area contributed by atoms with Crippen LogP contribution in [0.3, 0.4) is 0 Å². The van der Waals surface area contributed by atoms with Gasteiger partial charge in [0.25, 0.3) is 0 Å². The van der Waals surface area contributed by atoms with Crippen molar-refractivity contribution in [2.45, 2.75) is 49.3 Å². The predicted octanol–water partition coefficient (Wildman–Crippen LogP) is 2.77. The summed E-state index contributed by atoms with van der Waals surface area (Å²) in [6.45, 7) is 6.95. The lowest BCUT2D eigenvalue weighted by atomic mass is 9.93. The number of nitrogens with zero attached hydrogens (tertiary/aromatic N) is 4. The minimum Gasteiger partial charge on any atom is -0.370 e. The average Bonchev–Trinajstić information content (AvgIpc) is 3.00. The first kappa shape index (κ1) is 17.9. The monoisotopic (exact) mass is 362 g/mol. The number of aryl methyl sites for hydroxylation is 1. The molecule has 0 spiro atoms. The molecule has 7 heteroatoms. The summed E-state index contributed by atoms with van der Waals surface area (Å²) in [6.07, 6.45) is 5.65. The molecule has 0 atom stereocenters. The van der Waals surface area contributed by atoms with E-state index in [0.29, 0.717) is 5.92 Å². The molecular formula is C18H26N4O2S. The summed E-state index contributed by atoms with van der Waals surface area (Å²) in [4.78, 5) is 6.50. The van der Waals surface area contributed by atoms with Gasteiger partial charge in [0.2, 0.25) is 0 Å². The lowest BCUT2D eigenvalue weighted by Crippen LogP contribution is -2.33. The smallest absolute Gasteiger partial charge is 0.200 e. The highest BCUT2D eigenvalue weighted by Gasteiger charge is 2.32. The molecule has 1 aliphatic heterocycles. The van der Waals surface area contributed by atoms with Crippen LogP contribution >= 0.6 is 0 Å². The molecule has 0 N–H and O–H groups in total. The summed E-state index contributed by atoms with van der Waals surface area (Å²) >= 11 is 0. The van der Waals surface area contributed by atoms with Crippen LogP contribution in [0.1, 0.15) is 45.2 Å². The maximum Gasteiger partial charge on any atom is 0.200 e. The Morgan fingerprint density at radius 3 is 2.28 bits per heavy atom. The second-order valence-corrected chi connectivity index (χ2v) is 10.3. The van der Waals surface area contributed by atoms with Crippen LogP contribution in [0.5, 0.6) is 0 Å². The second-order valence-electron chi connectivity index (χ2n) is 7.61. The van der Waals surface area contributed by atoms with Crippen molar-refractivity contribution in [1.29, 1.82) is 0 Å². The number of anilines is 1. The summed E-state index contributed by atoms with van der Waals surface area (Å²) in [5, 5.41) is 4.40. The van der Waals surface area contributed by atoms with Crippen molar-refractivity contribution in [2.75, 3.05) is 18.0 Å². The highest BCUT2D eigenvalue weighted by Crippen LogP contribution is 2.30. The molecule has 2 aromatic heterocycles. The minimum absolute atomic E-state index is 0.147. The van der Waals surface area contributed by atoms with Crippen molar-refractivity contribution in [3.05, 3.63) is 36.3 Å². The highest BCUT2D eigenvalue weighted by molar-refractivity contribution is 7.92. The molecule has 1 aliphatic rings. The number of aromatic nitrogens is 3. The van der Waals surface area contributed by atoms with Gasteiger partial charge in [-0.15, -0.1) is 0 Å². The zero-order valence-corrected chi connectivity index (χ0v) is 16.1. The first-order valence-corrected chi connectivity index (χ1v) is 10.1. The van der Waals surface area contributed by atoms with Gasteiger partial charge < -0.3 is 4.90 Å². The fourth-order valence-corrected chi connectivity index (χ4v) is 4.32. The normalized spacial score (nSPS) is 17.0. The largest absolute Gasteiger partial charge is 0.370 e. The van der Waals surface area contributed by atoms with Gasteiger partial charge in [0.05, 0.1) is 16.6 Å².